The fourth-order valence-corrected chi connectivity index (χ4v) is 4.02. The van der Waals surface area contributed by atoms with Crippen molar-refractivity contribution in [2.45, 2.75) is 12.4 Å². The molecule has 1 aromatic heterocycles. The number of hydrogen-bond donors (Lipinski definition) is 0. The Kier molecular flexibility index (Phi) is 7.04. The fraction of sp³-hybridized carbons (Fsp3) is 0.0667. The molecule has 0 amide bonds. The number of esters is 1. The van der Waals surface area contributed by atoms with Crippen LogP contribution in [0.5, 0.6) is 17.2 Å². The zero-order chi connectivity index (χ0) is 29.4. The van der Waals surface area contributed by atoms with Crippen molar-refractivity contribution in [3.63, 3.8) is 0 Å². The Labute approximate surface area is 227 Å². The standard InChI is InChI=1S/C30H16F6O5/c31-29(32,33)18-12-10-17(11-13-18)21-8-4-5-9-22(21)28(38)40-20-14-15-23-24(16-20)41-27(30(34,35)36)26(25(23)37)39-19-6-2-1-3-7-19/h1-16H. The summed E-state index contributed by atoms with van der Waals surface area (Å²) in [6.45, 7) is 0. The molecule has 1 heterocycles. The maximum atomic E-state index is 13.8. The molecule has 0 aliphatic rings. The van der Waals surface area contributed by atoms with E-state index in [2.05, 4.69) is 0 Å². The van der Waals surface area contributed by atoms with Crippen molar-refractivity contribution in [1.29, 1.82) is 0 Å². The summed E-state index contributed by atoms with van der Waals surface area (Å²) in [7, 11) is 0. The number of hydrogen-bond acceptors (Lipinski definition) is 5. The van der Waals surface area contributed by atoms with Gasteiger partial charge in [-0.25, -0.2) is 4.79 Å². The van der Waals surface area contributed by atoms with Gasteiger partial charge in [0.05, 0.1) is 16.5 Å². The van der Waals surface area contributed by atoms with Gasteiger partial charge in [-0.1, -0.05) is 48.5 Å². The monoisotopic (exact) mass is 570 g/mol. The van der Waals surface area contributed by atoms with E-state index in [0.717, 1.165) is 24.3 Å². The number of rotatable bonds is 5. The van der Waals surface area contributed by atoms with Crippen molar-refractivity contribution in [2.75, 3.05) is 0 Å². The minimum atomic E-state index is -5.09. The number of ether oxygens (including phenoxy) is 2. The molecule has 0 aliphatic carbocycles. The van der Waals surface area contributed by atoms with Crippen LogP contribution in [-0.4, -0.2) is 5.97 Å². The second kappa shape index (κ2) is 10.5. The lowest BCUT2D eigenvalue weighted by Gasteiger charge is -2.14. The van der Waals surface area contributed by atoms with Crippen LogP contribution in [0.15, 0.2) is 106 Å². The normalized spacial score (nSPS) is 11.9. The second-order valence-corrected chi connectivity index (χ2v) is 8.67. The van der Waals surface area contributed by atoms with Crippen LogP contribution in [0, 0.1) is 0 Å². The molecular weight excluding hydrogens is 554 g/mol. The first-order chi connectivity index (χ1) is 19.4. The Morgan fingerprint density at radius 2 is 1.37 bits per heavy atom. The van der Waals surface area contributed by atoms with Gasteiger partial charge in [-0.3, -0.25) is 4.79 Å². The summed E-state index contributed by atoms with van der Waals surface area (Å²) in [5, 5.41) is -0.256. The third-order valence-electron chi connectivity index (χ3n) is 5.92. The first-order valence-electron chi connectivity index (χ1n) is 11.8. The van der Waals surface area contributed by atoms with E-state index in [1.807, 2.05) is 0 Å². The first-order valence-corrected chi connectivity index (χ1v) is 11.8. The average Bonchev–Trinajstić information content (AvgIpc) is 2.94. The molecule has 0 N–H and O–H groups in total. The molecule has 41 heavy (non-hydrogen) atoms. The quantitative estimate of drug-likeness (QED) is 0.120. The molecule has 0 spiro atoms. The third-order valence-corrected chi connectivity index (χ3v) is 5.92. The van der Waals surface area contributed by atoms with Gasteiger partial charge in [-0.05, 0) is 53.6 Å². The fourth-order valence-electron chi connectivity index (χ4n) is 4.02. The highest BCUT2D eigenvalue weighted by atomic mass is 19.4. The Hall–Kier alpha value is -5.06. The predicted octanol–water partition coefficient (Wildman–Crippen LogP) is 8.51. The van der Waals surface area contributed by atoms with E-state index in [4.69, 9.17) is 13.9 Å². The van der Waals surface area contributed by atoms with Crippen LogP contribution in [0.3, 0.4) is 0 Å². The highest BCUT2D eigenvalue weighted by molar-refractivity contribution is 5.98. The van der Waals surface area contributed by atoms with Gasteiger partial charge < -0.3 is 13.9 Å². The molecule has 5 nitrogen and oxygen atoms in total. The molecule has 208 valence electrons. The minimum absolute atomic E-state index is 0.0121. The zero-order valence-corrected chi connectivity index (χ0v) is 20.5. The van der Waals surface area contributed by atoms with E-state index >= 15 is 0 Å². The molecule has 0 radical (unpaired) electrons. The topological polar surface area (TPSA) is 65.7 Å². The molecule has 0 saturated carbocycles. The van der Waals surface area contributed by atoms with Crippen molar-refractivity contribution in [1.82, 2.24) is 0 Å². The molecule has 0 aliphatic heterocycles. The lowest BCUT2D eigenvalue weighted by Crippen LogP contribution is -2.15. The second-order valence-electron chi connectivity index (χ2n) is 8.67. The Balaban J connectivity index is 1.49. The van der Waals surface area contributed by atoms with Crippen molar-refractivity contribution in [3.8, 4) is 28.4 Å². The molecular formula is C30H16F6O5. The van der Waals surface area contributed by atoms with Crippen molar-refractivity contribution >= 4 is 16.9 Å². The number of alkyl halides is 6. The number of para-hydroxylation sites is 1. The van der Waals surface area contributed by atoms with Crippen molar-refractivity contribution in [2.24, 2.45) is 0 Å². The largest absolute Gasteiger partial charge is 0.453 e. The van der Waals surface area contributed by atoms with Crippen LogP contribution in [0.2, 0.25) is 0 Å². The molecule has 11 heteroatoms. The summed E-state index contributed by atoms with van der Waals surface area (Å²) in [4.78, 5) is 26.0. The van der Waals surface area contributed by atoms with Gasteiger partial charge in [-0.2, -0.15) is 26.3 Å². The smallest absolute Gasteiger partial charge is 0.449 e. The van der Waals surface area contributed by atoms with Gasteiger partial charge >= 0.3 is 18.3 Å². The van der Waals surface area contributed by atoms with Crippen LogP contribution < -0.4 is 14.9 Å². The zero-order valence-electron chi connectivity index (χ0n) is 20.5. The summed E-state index contributed by atoms with van der Waals surface area (Å²) in [5.41, 5.74) is -1.92. The molecule has 5 rings (SSSR count). The van der Waals surface area contributed by atoms with Gasteiger partial charge in [0.1, 0.15) is 17.1 Å². The predicted molar refractivity (Wildman–Crippen MR) is 136 cm³/mol. The van der Waals surface area contributed by atoms with E-state index in [-0.39, 0.29) is 28.0 Å². The van der Waals surface area contributed by atoms with Crippen LogP contribution >= 0.6 is 0 Å². The highest BCUT2D eigenvalue weighted by Gasteiger charge is 2.40. The van der Waals surface area contributed by atoms with Crippen molar-refractivity contribution < 1.29 is 45.0 Å². The molecule has 0 bridgehead atoms. The molecule has 0 atom stereocenters. The molecule has 4 aromatic carbocycles. The van der Waals surface area contributed by atoms with E-state index in [0.29, 0.717) is 5.56 Å². The van der Waals surface area contributed by atoms with Crippen LogP contribution in [-0.2, 0) is 12.4 Å². The molecule has 0 unspecified atom stereocenters. The van der Waals surface area contributed by atoms with Gasteiger partial charge in [0.2, 0.25) is 11.2 Å². The van der Waals surface area contributed by atoms with E-state index in [1.165, 1.54) is 60.7 Å². The van der Waals surface area contributed by atoms with Gasteiger partial charge in [0.25, 0.3) is 5.76 Å². The van der Waals surface area contributed by atoms with Gasteiger partial charge in [0.15, 0.2) is 0 Å². The molecule has 5 aromatic rings. The summed E-state index contributed by atoms with van der Waals surface area (Å²) in [5.74, 6) is -3.91. The van der Waals surface area contributed by atoms with E-state index in [1.54, 1.807) is 12.1 Å². The number of halogens is 6. The highest BCUT2D eigenvalue weighted by Crippen LogP contribution is 2.39. The van der Waals surface area contributed by atoms with Gasteiger partial charge in [0, 0.05) is 6.07 Å². The summed E-state index contributed by atoms with van der Waals surface area (Å²) < 4.78 is 95.9. The maximum Gasteiger partial charge on any atom is 0.453 e. The molecule has 0 fully saturated rings. The number of fused-ring (bicyclic) bond motifs is 1. The lowest BCUT2D eigenvalue weighted by atomic mass is 9.98. The van der Waals surface area contributed by atoms with E-state index < -0.39 is 46.4 Å². The summed E-state index contributed by atoms with van der Waals surface area (Å²) in [6.07, 6.45) is -9.63. The van der Waals surface area contributed by atoms with Crippen LogP contribution in [0.1, 0.15) is 21.7 Å². The summed E-state index contributed by atoms with van der Waals surface area (Å²) >= 11 is 0. The van der Waals surface area contributed by atoms with E-state index in [9.17, 15) is 35.9 Å². The lowest BCUT2D eigenvalue weighted by molar-refractivity contribution is -0.154. The average molecular weight is 570 g/mol. The number of benzene rings is 4. The van der Waals surface area contributed by atoms with Crippen LogP contribution in [0.25, 0.3) is 22.1 Å². The Morgan fingerprint density at radius 3 is 2.02 bits per heavy atom. The maximum absolute atomic E-state index is 13.8. The Morgan fingerprint density at radius 1 is 0.707 bits per heavy atom. The van der Waals surface area contributed by atoms with Gasteiger partial charge in [-0.15, -0.1) is 0 Å². The summed E-state index contributed by atoms with van der Waals surface area (Å²) in [6, 6.07) is 20.8. The number of carbonyl (C=O) groups excluding carboxylic acids is 1. The van der Waals surface area contributed by atoms with Crippen molar-refractivity contribution in [3.05, 3.63) is 124 Å². The van der Waals surface area contributed by atoms with Crippen LogP contribution in [0.4, 0.5) is 26.3 Å². The number of carbonyl (C=O) groups is 1. The molecule has 0 saturated heterocycles. The minimum Gasteiger partial charge on any atom is -0.449 e. The SMILES string of the molecule is O=C(Oc1ccc2c(=O)c(Oc3ccccc3)c(C(F)(F)F)oc2c1)c1ccccc1-c1ccc(C(F)(F)F)cc1. The Bertz CT molecular complexity index is 1790. The first kappa shape index (κ1) is 27.5. The third kappa shape index (κ3) is 5.79.